The second-order valence-electron chi connectivity index (χ2n) is 2.88. The minimum atomic E-state index is -0.920. The summed E-state index contributed by atoms with van der Waals surface area (Å²) in [4.78, 5) is 0. The first-order valence-electron chi connectivity index (χ1n) is 4.07. The quantitative estimate of drug-likeness (QED) is 0.776. The summed E-state index contributed by atoms with van der Waals surface area (Å²) in [6.45, 7) is 0.258. The van der Waals surface area contributed by atoms with Crippen LogP contribution in [-0.4, -0.2) is 23.8 Å². The Labute approximate surface area is 89.7 Å². The smallest absolute Gasteiger partial charge is 0.146 e. The highest BCUT2D eigenvalue weighted by Gasteiger charge is 2.16. The number of halogens is 2. The predicted octanol–water partition coefficient (Wildman–Crippen LogP) is 1.55. The molecule has 0 spiro atoms. The number of hydrogen-bond donors (Lipinski definition) is 3. The molecule has 0 aliphatic heterocycles. The fourth-order valence-corrected chi connectivity index (χ4v) is 1.48. The summed E-state index contributed by atoms with van der Waals surface area (Å²) in [5.74, 6) is -0.810. The van der Waals surface area contributed by atoms with E-state index in [-0.39, 0.29) is 22.3 Å². The molecular formula is C9H11BrFNO2. The monoisotopic (exact) mass is 263 g/mol. The van der Waals surface area contributed by atoms with Crippen LogP contribution in [0.2, 0.25) is 0 Å². The summed E-state index contributed by atoms with van der Waals surface area (Å²) in [7, 11) is 1.66. The van der Waals surface area contributed by atoms with E-state index < -0.39 is 11.9 Å². The molecule has 0 aliphatic rings. The summed E-state index contributed by atoms with van der Waals surface area (Å²) in [6, 6.07) is 2.69. The minimum absolute atomic E-state index is 0.0230. The third kappa shape index (κ3) is 2.23. The molecule has 0 aromatic heterocycles. The van der Waals surface area contributed by atoms with Gasteiger partial charge in [-0.15, -0.1) is 0 Å². The van der Waals surface area contributed by atoms with Crippen LogP contribution in [0.5, 0.6) is 5.75 Å². The van der Waals surface area contributed by atoms with E-state index in [2.05, 4.69) is 21.2 Å². The number of phenolic OH excluding ortho intramolecular Hbond substituents is 1. The molecular weight excluding hydrogens is 253 g/mol. The van der Waals surface area contributed by atoms with Gasteiger partial charge < -0.3 is 15.5 Å². The van der Waals surface area contributed by atoms with Crippen LogP contribution in [0.4, 0.5) is 4.39 Å². The van der Waals surface area contributed by atoms with E-state index in [1.54, 1.807) is 7.05 Å². The number of hydrogen-bond acceptors (Lipinski definition) is 3. The van der Waals surface area contributed by atoms with Gasteiger partial charge in [-0.1, -0.05) is 0 Å². The van der Waals surface area contributed by atoms with Crippen molar-refractivity contribution in [2.45, 2.75) is 6.10 Å². The highest BCUT2D eigenvalue weighted by molar-refractivity contribution is 9.10. The molecule has 0 saturated heterocycles. The Morgan fingerprint density at radius 2 is 2.21 bits per heavy atom. The van der Waals surface area contributed by atoms with Gasteiger partial charge in [-0.2, -0.15) is 0 Å². The zero-order chi connectivity index (χ0) is 10.7. The van der Waals surface area contributed by atoms with Gasteiger partial charge in [0.05, 0.1) is 10.6 Å². The van der Waals surface area contributed by atoms with Crippen molar-refractivity contribution in [1.29, 1.82) is 0 Å². The summed E-state index contributed by atoms with van der Waals surface area (Å²) < 4.78 is 13.4. The molecule has 3 N–H and O–H groups in total. The first-order valence-corrected chi connectivity index (χ1v) is 4.86. The number of nitrogens with one attached hydrogen (secondary N) is 1. The lowest BCUT2D eigenvalue weighted by molar-refractivity contribution is 0.172. The normalized spacial score (nSPS) is 12.9. The van der Waals surface area contributed by atoms with Gasteiger partial charge in [-0.3, -0.25) is 0 Å². The average Bonchev–Trinajstić information content (AvgIpc) is 2.15. The Morgan fingerprint density at radius 1 is 1.57 bits per heavy atom. The number of aromatic hydroxyl groups is 1. The summed E-state index contributed by atoms with van der Waals surface area (Å²) in [5, 5.41) is 21.4. The van der Waals surface area contributed by atoms with Gasteiger partial charge in [-0.05, 0) is 35.1 Å². The zero-order valence-electron chi connectivity index (χ0n) is 7.59. The molecule has 1 aromatic rings. The number of rotatable bonds is 3. The van der Waals surface area contributed by atoms with E-state index in [4.69, 9.17) is 5.11 Å². The molecule has 78 valence electrons. The maximum absolute atomic E-state index is 13.4. The van der Waals surface area contributed by atoms with Crippen LogP contribution >= 0.6 is 15.9 Å². The standard InChI is InChI=1S/C9H11BrFNO2/c1-12-4-7(14)5-2-3-6(13)8(10)9(5)11/h2-3,7,12-14H,4H2,1H3. The SMILES string of the molecule is CNCC(O)c1ccc(O)c(Br)c1F. The van der Waals surface area contributed by atoms with Crippen molar-refractivity contribution in [3.63, 3.8) is 0 Å². The Kier molecular flexibility index (Phi) is 3.86. The van der Waals surface area contributed by atoms with Crippen molar-refractivity contribution in [2.24, 2.45) is 0 Å². The highest BCUT2D eigenvalue weighted by atomic mass is 79.9. The molecule has 1 unspecified atom stereocenters. The number of aliphatic hydroxyl groups excluding tert-OH is 1. The van der Waals surface area contributed by atoms with Crippen LogP contribution in [0, 0.1) is 5.82 Å². The van der Waals surface area contributed by atoms with Crippen molar-refractivity contribution in [2.75, 3.05) is 13.6 Å². The first kappa shape index (κ1) is 11.4. The van der Waals surface area contributed by atoms with Crippen molar-refractivity contribution in [3.8, 4) is 5.75 Å². The van der Waals surface area contributed by atoms with Crippen molar-refractivity contribution >= 4 is 15.9 Å². The average molecular weight is 264 g/mol. The zero-order valence-corrected chi connectivity index (χ0v) is 9.18. The van der Waals surface area contributed by atoms with E-state index >= 15 is 0 Å². The van der Waals surface area contributed by atoms with E-state index in [0.29, 0.717) is 0 Å². The fourth-order valence-electron chi connectivity index (χ4n) is 1.11. The molecule has 0 saturated carbocycles. The third-order valence-electron chi connectivity index (χ3n) is 1.85. The van der Waals surface area contributed by atoms with Crippen LogP contribution < -0.4 is 5.32 Å². The minimum Gasteiger partial charge on any atom is -0.507 e. The van der Waals surface area contributed by atoms with Gasteiger partial charge in [0.15, 0.2) is 0 Å². The molecule has 0 bridgehead atoms. The molecule has 5 heteroatoms. The van der Waals surface area contributed by atoms with Crippen molar-refractivity contribution in [3.05, 3.63) is 28.0 Å². The number of likely N-dealkylation sites (N-methyl/N-ethyl adjacent to an activating group) is 1. The van der Waals surface area contributed by atoms with Crippen molar-refractivity contribution in [1.82, 2.24) is 5.32 Å². The summed E-state index contributed by atoms with van der Waals surface area (Å²) in [5.41, 5.74) is 0.157. The van der Waals surface area contributed by atoms with Gasteiger partial charge in [0, 0.05) is 12.1 Å². The Balaban J connectivity index is 3.04. The lowest BCUT2D eigenvalue weighted by atomic mass is 10.1. The Bertz CT molecular complexity index is 333. The molecule has 0 radical (unpaired) electrons. The van der Waals surface area contributed by atoms with Gasteiger partial charge >= 0.3 is 0 Å². The molecule has 1 atom stereocenters. The first-order chi connectivity index (χ1) is 6.57. The van der Waals surface area contributed by atoms with Crippen LogP contribution in [-0.2, 0) is 0 Å². The number of aliphatic hydroxyl groups is 1. The molecule has 0 heterocycles. The van der Waals surface area contributed by atoms with Crippen LogP contribution in [0.25, 0.3) is 0 Å². The molecule has 0 aliphatic carbocycles. The summed E-state index contributed by atoms with van der Waals surface area (Å²) in [6.07, 6.45) is -0.920. The second kappa shape index (κ2) is 4.72. The van der Waals surface area contributed by atoms with E-state index in [1.807, 2.05) is 0 Å². The highest BCUT2D eigenvalue weighted by Crippen LogP contribution is 2.31. The lowest BCUT2D eigenvalue weighted by Gasteiger charge is -2.12. The van der Waals surface area contributed by atoms with Crippen LogP contribution in [0.3, 0.4) is 0 Å². The molecule has 0 amide bonds. The van der Waals surface area contributed by atoms with Crippen LogP contribution in [0.1, 0.15) is 11.7 Å². The third-order valence-corrected chi connectivity index (χ3v) is 2.60. The Hall–Kier alpha value is -0.650. The maximum Gasteiger partial charge on any atom is 0.146 e. The molecule has 1 rings (SSSR count). The molecule has 14 heavy (non-hydrogen) atoms. The molecule has 3 nitrogen and oxygen atoms in total. The van der Waals surface area contributed by atoms with Gasteiger partial charge in [0.1, 0.15) is 11.6 Å². The van der Waals surface area contributed by atoms with E-state index in [0.717, 1.165) is 0 Å². The lowest BCUT2D eigenvalue weighted by Crippen LogP contribution is -2.17. The fraction of sp³-hybridized carbons (Fsp3) is 0.333. The second-order valence-corrected chi connectivity index (χ2v) is 3.67. The topological polar surface area (TPSA) is 52.5 Å². The number of phenols is 1. The van der Waals surface area contributed by atoms with Crippen molar-refractivity contribution < 1.29 is 14.6 Å². The van der Waals surface area contributed by atoms with Crippen LogP contribution in [0.15, 0.2) is 16.6 Å². The van der Waals surface area contributed by atoms with E-state index in [1.165, 1.54) is 12.1 Å². The van der Waals surface area contributed by atoms with Gasteiger partial charge in [0.2, 0.25) is 0 Å². The van der Waals surface area contributed by atoms with Gasteiger partial charge in [0.25, 0.3) is 0 Å². The number of benzene rings is 1. The largest absolute Gasteiger partial charge is 0.507 e. The van der Waals surface area contributed by atoms with Gasteiger partial charge in [-0.25, -0.2) is 4.39 Å². The Morgan fingerprint density at radius 3 is 2.79 bits per heavy atom. The molecule has 1 aromatic carbocycles. The van der Waals surface area contributed by atoms with E-state index in [9.17, 15) is 9.50 Å². The molecule has 0 fully saturated rings. The summed E-state index contributed by atoms with van der Waals surface area (Å²) >= 11 is 2.89. The predicted molar refractivity (Wildman–Crippen MR) is 54.7 cm³/mol. The maximum atomic E-state index is 13.4.